The van der Waals surface area contributed by atoms with Gasteiger partial charge in [-0.25, -0.2) is 0 Å². The molecular formula is C13H9Br3N2O. The third kappa shape index (κ3) is 3.58. The molecule has 0 aliphatic rings. The van der Waals surface area contributed by atoms with E-state index in [1.54, 1.807) is 24.3 Å². The van der Waals surface area contributed by atoms with Crippen LogP contribution < -0.4 is 11.1 Å². The summed E-state index contributed by atoms with van der Waals surface area (Å²) >= 11 is 10.1. The predicted octanol–water partition coefficient (Wildman–Crippen LogP) is 4.81. The Labute approximate surface area is 136 Å². The minimum Gasteiger partial charge on any atom is -0.399 e. The van der Waals surface area contributed by atoms with Gasteiger partial charge in [0.05, 0.1) is 11.3 Å². The quantitative estimate of drug-likeness (QED) is 0.648. The topological polar surface area (TPSA) is 55.1 Å². The van der Waals surface area contributed by atoms with E-state index in [4.69, 9.17) is 5.73 Å². The molecule has 3 nitrogen and oxygen atoms in total. The normalized spacial score (nSPS) is 10.3. The molecule has 0 bridgehead atoms. The lowest BCUT2D eigenvalue weighted by Crippen LogP contribution is -2.13. The molecule has 0 heterocycles. The van der Waals surface area contributed by atoms with Crippen LogP contribution in [0.25, 0.3) is 0 Å². The van der Waals surface area contributed by atoms with E-state index in [9.17, 15) is 4.79 Å². The zero-order valence-corrected chi connectivity index (χ0v) is 14.3. The number of hydrogen-bond acceptors (Lipinski definition) is 2. The molecule has 0 unspecified atom stereocenters. The Balaban J connectivity index is 2.30. The van der Waals surface area contributed by atoms with Gasteiger partial charge in [0.25, 0.3) is 5.91 Å². The second-order valence-electron chi connectivity index (χ2n) is 3.82. The average molecular weight is 449 g/mol. The van der Waals surface area contributed by atoms with Crippen LogP contribution in [0.1, 0.15) is 10.4 Å². The van der Waals surface area contributed by atoms with Crippen molar-refractivity contribution in [1.29, 1.82) is 0 Å². The summed E-state index contributed by atoms with van der Waals surface area (Å²) in [5.74, 6) is -0.209. The summed E-state index contributed by atoms with van der Waals surface area (Å²) in [5, 5.41) is 2.82. The van der Waals surface area contributed by atoms with Crippen molar-refractivity contribution in [1.82, 2.24) is 0 Å². The van der Waals surface area contributed by atoms with E-state index in [1.807, 2.05) is 12.1 Å². The number of benzene rings is 2. The van der Waals surface area contributed by atoms with Crippen molar-refractivity contribution in [2.75, 3.05) is 11.1 Å². The van der Waals surface area contributed by atoms with Gasteiger partial charge in [0.1, 0.15) is 0 Å². The monoisotopic (exact) mass is 446 g/mol. The van der Waals surface area contributed by atoms with E-state index < -0.39 is 0 Å². The Morgan fingerprint density at radius 1 is 1.00 bits per heavy atom. The number of hydrogen-bond donors (Lipinski definition) is 2. The Hall–Kier alpha value is -0.850. The van der Waals surface area contributed by atoms with E-state index >= 15 is 0 Å². The van der Waals surface area contributed by atoms with Crippen LogP contribution in [0, 0.1) is 0 Å². The van der Waals surface area contributed by atoms with E-state index in [0.29, 0.717) is 16.9 Å². The van der Waals surface area contributed by atoms with Gasteiger partial charge in [-0.05, 0) is 68.3 Å². The Morgan fingerprint density at radius 2 is 1.68 bits per heavy atom. The van der Waals surface area contributed by atoms with E-state index in [0.717, 1.165) is 13.4 Å². The first-order chi connectivity index (χ1) is 8.97. The van der Waals surface area contributed by atoms with Crippen molar-refractivity contribution in [2.45, 2.75) is 0 Å². The molecule has 0 fully saturated rings. The second kappa shape index (κ2) is 6.07. The highest BCUT2D eigenvalue weighted by Crippen LogP contribution is 2.27. The number of nitrogens with two attached hydrogens (primary N) is 1. The molecule has 3 N–H and O–H groups in total. The van der Waals surface area contributed by atoms with Crippen LogP contribution in [-0.4, -0.2) is 5.91 Å². The number of anilines is 2. The van der Waals surface area contributed by atoms with Crippen molar-refractivity contribution >= 4 is 65.1 Å². The van der Waals surface area contributed by atoms with Gasteiger partial charge in [0.2, 0.25) is 0 Å². The fourth-order valence-corrected chi connectivity index (χ4v) is 2.63. The molecule has 2 rings (SSSR count). The fraction of sp³-hybridized carbons (Fsp3) is 0. The molecule has 19 heavy (non-hydrogen) atoms. The second-order valence-corrected chi connectivity index (χ2v) is 6.44. The van der Waals surface area contributed by atoms with Crippen LogP contribution >= 0.6 is 47.8 Å². The van der Waals surface area contributed by atoms with Gasteiger partial charge in [0.15, 0.2) is 0 Å². The summed E-state index contributed by atoms with van der Waals surface area (Å²) in [5.41, 5.74) is 7.48. The van der Waals surface area contributed by atoms with Crippen LogP contribution in [0.15, 0.2) is 49.8 Å². The fourth-order valence-electron chi connectivity index (χ4n) is 1.50. The van der Waals surface area contributed by atoms with Crippen molar-refractivity contribution in [2.24, 2.45) is 0 Å². The molecular weight excluding hydrogens is 440 g/mol. The standard InChI is InChI=1S/C13H9Br3N2O/c14-7-1-3-10(15)9(5-7)13(19)18-12-6-8(17)2-4-11(12)16/h1-6H,17H2,(H,18,19). The van der Waals surface area contributed by atoms with Gasteiger partial charge in [-0.15, -0.1) is 0 Å². The van der Waals surface area contributed by atoms with Crippen LogP contribution in [0.3, 0.4) is 0 Å². The molecule has 0 radical (unpaired) electrons. The zero-order valence-electron chi connectivity index (χ0n) is 9.58. The summed E-state index contributed by atoms with van der Waals surface area (Å²) in [6.45, 7) is 0. The molecule has 6 heteroatoms. The third-order valence-electron chi connectivity index (χ3n) is 2.41. The minimum absolute atomic E-state index is 0.209. The number of carbonyl (C=O) groups excluding carboxylic acids is 1. The maximum Gasteiger partial charge on any atom is 0.256 e. The first-order valence-electron chi connectivity index (χ1n) is 5.29. The average Bonchev–Trinajstić information content (AvgIpc) is 2.36. The molecule has 1 amide bonds. The molecule has 0 aromatic heterocycles. The van der Waals surface area contributed by atoms with Gasteiger partial charge in [-0.3, -0.25) is 4.79 Å². The lowest BCUT2D eigenvalue weighted by molar-refractivity contribution is 0.102. The summed E-state index contributed by atoms with van der Waals surface area (Å²) in [6.07, 6.45) is 0. The highest BCUT2D eigenvalue weighted by atomic mass is 79.9. The summed E-state index contributed by atoms with van der Waals surface area (Å²) < 4.78 is 2.35. The van der Waals surface area contributed by atoms with Crippen LogP contribution in [0.5, 0.6) is 0 Å². The Bertz CT molecular complexity index is 644. The van der Waals surface area contributed by atoms with E-state index in [2.05, 4.69) is 53.1 Å². The Morgan fingerprint density at radius 3 is 2.42 bits per heavy atom. The summed E-state index contributed by atoms with van der Waals surface area (Å²) in [4.78, 5) is 12.2. The summed E-state index contributed by atoms with van der Waals surface area (Å²) in [7, 11) is 0. The molecule has 0 saturated heterocycles. The van der Waals surface area contributed by atoms with Crippen molar-refractivity contribution in [3.05, 3.63) is 55.4 Å². The maximum absolute atomic E-state index is 12.2. The molecule has 2 aromatic carbocycles. The number of rotatable bonds is 2. The largest absolute Gasteiger partial charge is 0.399 e. The number of nitrogens with one attached hydrogen (secondary N) is 1. The lowest BCUT2D eigenvalue weighted by atomic mass is 10.2. The van der Waals surface area contributed by atoms with Crippen molar-refractivity contribution < 1.29 is 4.79 Å². The van der Waals surface area contributed by atoms with Crippen LogP contribution in [0.2, 0.25) is 0 Å². The lowest BCUT2D eigenvalue weighted by Gasteiger charge is -2.09. The van der Waals surface area contributed by atoms with Crippen molar-refractivity contribution in [3.8, 4) is 0 Å². The molecule has 0 spiro atoms. The number of carbonyl (C=O) groups is 1. The number of halogens is 3. The van der Waals surface area contributed by atoms with Crippen molar-refractivity contribution in [3.63, 3.8) is 0 Å². The first-order valence-corrected chi connectivity index (χ1v) is 7.66. The van der Waals surface area contributed by atoms with Gasteiger partial charge in [-0.2, -0.15) is 0 Å². The third-order valence-corrected chi connectivity index (χ3v) is 4.29. The smallest absolute Gasteiger partial charge is 0.256 e. The molecule has 0 aliphatic heterocycles. The van der Waals surface area contributed by atoms with Gasteiger partial charge in [0, 0.05) is 19.1 Å². The molecule has 0 saturated carbocycles. The molecule has 0 aliphatic carbocycles. The van der Waals surface area contributed by atoms with Crippen LogP contribution in [-0.2, 0) is 0 Å². The predicted molar refractivity (Wildman–Crippen MR) is 88.3 cm³/mol. The molecule has 0 atom stereocenters. The highest BCUT2D eigenvalue weighted by Gasteiger charge is 2.12. The molecule has 98 valence electrons. The SMILES string of the molecule is Nc1ccc(Br)c(NC(=O)c2cc(Br)ccc2Br)c1. The minimum atomic E-state index is -0.209. The number of amides is 1. The van der Waals surface area contributed by atoms with Gasteiger partial charge >= 0.3 is 0 Å². The zero-order chi connectivity index (χ0) is 14.0. The maximum atomic E-state index is 12.2. The first kappa shape index (κ1) is 14.6. The van der Waals surface area contributed by atoms with Crippen LogP contribution in [0.4, 0.5) is 11.4 Å². The Kier molecular flexibility index (Phi) is 4.65. The summed E-state index contributed by atoms with van der Waals surface area (Å²) in [6, 6.07) is 10.7. The number of nitrogen functional groups attached to an aromatic ring is 1. The van der Waals surface area contributed by atoms with Gasteiger partial charge < -0.3 is 11.1 Å². The van der Waals surface area contributed by atoms with Gasteiger partial charge in [-0.1, -0.05) is 15.9 Å². The highest BCUT2D eigenvalue weighted by molar-refractivity contribution is 9.11. The van der Waals surface area contributed by atoms with E-state index in [1.165, 1.54) is 0 Å². The van der Waals surface area contributed by atoms with E-state index in [-0.39, 0.29) is 5.91 Å². The molecule has 2 aromatic rings.